The molecule has 2 rings (SSSR count). The summed E-state index contributed by atoms with van der Waals surface area (Å²) >= 11 is 6.80. The molecule has 0 saturated heterocycles. The third-order valence-corrected chi connectivity index (χ3v) is 4.04. The Labute approximate surface area is 150 Å². The Morgan fingerprint density at radius 3 is 2.39 bits per heavy atom. The molecule has 7 heteroatoms. The summed E-state index contributed by atoms with van der Waals surface area (Å²) in [5.41, 5.74) is 7.02. The van der Waals surface area contributed by atoms with E-state index in [1.54, 1.807) is 24.3 Å². The van der Waals surface area contributed by atoms with Gasteiger partial charge in [0.25, 0.3) is 5.91 Å². The number of rotatable bonds is 5. The summed E-state index contributed by atoms with van der Waals surface area (Å²) in [6.07, 6.45) is 0. The lowest BCUT2D eigenvalue weighted by molar-refractivity contribution is -0.118. The summed E-state index contributed by atoms with van der Waals surface area (Å²) in [6, 6.07) is 10.1. The number of benzene rings is 2. The number of nitrogens with one attached hydrogen (secondary N) is 1. The van der Waals surface area contributed by atoms with Gasteiger partial charge in [-0.1, -0.05) is 15.9 Å². The van der Waals surface area contributed by atoms with Crippen molar-refractivity contribution in [3.05, 3.63) is 56.5 Å². The normalized spacial score (nSPS) is 10.2. The van der Waals surface area contributed by atoms with Crippen LogP contribution >= 0.6 is 31.9 Å². The molecule has 2 amide bonds. The number of hydrogen-bond donors (Lipinski definition) is 2. The molecular formula is C16H14Br2N2O3. The topological polar surface area (TPSA) is 81.4 Å². The maximum absolute atomic E-state index is 11.9. The lowest BCUT2D eigenvalue weighted by Gasteiger charge is -2.12. The third kappa shape index (κ3) is 4.80. The van der Waals surface area contributed by atoms with Gasteiger partial charge in [0.15, 0.2) is 6.61 Å². The van der Waals surface area contributed by atoms with Crippen LogP contribution in [0.2, 0.25) is 0 Å². The van der Waals surface area contributed by atoms with E-state index in [4.69, 9.17) is 10.5 Å². The van der Waals surface area contributed by atoms with Crippen LogP contribution in [-0.4, -0.2) is 18.4 Å². The van der Waals surface area contributed by atoms with Crippen molar-refractivity contribution in [3.8, 4) is 5.75 Å². The molecule has 0 saturated carbocycles. The molecule has 0 spiro atoms. The maximum Gasteiger partial charge on any atom is 0.262 e. The molecule has 120 valence electrons. The van der Waals surface area contributed by atoms with Crippen LogP contribution in [-0.2, 0) is 4.79 Å². The number of carbonyl (C=O) groups is 2. The molecule has 0 aliphatic heterocycles. The quantitative estimate of drug-likeness (QED) is 0.743. The summed E-state index contributed by atoms with van der Waals surface area (Å²) in [6.45, 7) is 1.77. The van der Waals surface area contributed by atoms with Gasteiger partial charge in [0, 0.05) is 15.7 Å². The molecule has 23 heavy (non-hydrogen) atoms. The van der Waals surface area contributed by atoms with E-state index in [-0.39, 0.29) is 12.5 Å². The predicted molar refractivity (Wildman–Crippen MR) is 95.7 cm³/mol. The number of carbonyl (C=O) groups excluding carboxylic acids is 2. The summed E-state index contributed by atoms with van der Waals surface area (Å²) in [5.74, 6) is -0.194. The number of ether oxygens (including phenoxy) is 1. The van der Waals surface area contributed by atoms with Crippen LogP contribution in [0.3, 0.4) is 0 Å². The first kappa shape index (κ1) is 17.5. The highest BCUT2D eigenvalue weighted by Crippen LogP contribution is 2.32. The Kier molecular flexibility index (Phi) is 5.79. The Hall–Kier alpha value is -1.86. The minimum Gasteiger partial charge on any atom is -0.482 e. The van der Waals surface area contributed by atoms with E-state index in [1.807, 2.05) is 19.1 Å². The van der Waals surface area contributed by atoms with Gasteiger partial charge in [0.2, 0.25) is 5.91 Å². The van der Waals surface area contributed by atoms with Crippen LogP contribution in [0, 0.1) is 6.92 Å². The van der Waals surface area contributed by atoms with Crippen molar-refractivity contribution in [3.63, 3.8) is 0 Å². The number of hydrogen-bond acceptors (Lipinski definition) is 3. The monoisotopic (exact) mass is 440 g/mol. The Bertz CT molecular complexity index is 722. The van der Waals surface area contributed by atoms with Crippen LogP contribution in [0.4, 0.5) is 5.69 Å². The van der Waals surface area contributed by atoms with Crippen molar-refractivity contribution in [2.24, 2.45) is 5.73 Å². The Morgan fingerprint density at radius 2 is 1.83 bits per heavy atom. The summed E-state index contributed by atoms with van der Waals surface area (Å²) in [4.78, 5) is 22.9. The zero-order valence-corrected chi connectivity index (χ0v) is 15.4. The van der Waals surface area contributed by atoms with Crippen molar-refractivity contribution >= 4 is 49.4 Å². The van der Waals surface area contributed by atoms with E-state index in [9.17, 15) is 9.59 Å². The molecule has 0 aliphatic rings. The Balaban J connectivity index is 1.96. The second-order valence-corrected chi connectivity index (χ2v) is 6.58. The number of amides is 2. The third-order valence-electron chi connectivity index (χ3n) is 2.99. The zero-order chi connectivity index (χ0) is 17.0. The molecule has 3 N–H and O–H groups in total. The molecule has 0 atom stereocenters. The fraction of sp³-hybridized carbons (Fsp3) is 0.125. The molecule has 5 nitrogen and oxygen atoms in total. The summed E-state index contributed by atoms with van der Waals surface area (Å²) in [7, 11) is 0. The molecule has 0 aromatic heterocycles. The number of aryl methyl sites for hydroxylation is 1. The molecule has 0 radical (unpaired) electrons. The van der Waals surface area contributed by atoms with Crippen molar-refractivity contribution < 1.29 is 14.3 Å². The van der Waals surface area contributed by atoms with Gasteiger partial charge in [0.05, 0.1) is 4.47 Å². The highest BCUT2D eigenvalue weighted by atomic mass is 79.9. The van der Waals surface area contributed by atoms with Gasteiger partial charge in [0.1, 0.15) is 5.75 Å². The van der Waals surface area contributed by atoms with E-state index in [0.717, 1.165) is 14.5 Å². The molecule has 2 aromatic carbocycles. The molecule has 2 aromatic rings. The van der Waals surface area contributed by atoms with Crippen molar-refractivity contribution in [1.29, 1.82) is 0 Å². The maximum atomic E-state index is 11.9. The number of anilines is 1. The fourth-order valence-electron chi connectivity index (χ4n) is 1.92. The van der Waals surface area contributed by atoms with Gasteiger partial charge in [-0.2, -0.15) is 0 Å². The summed E-state index contributed by atoms with van der Waals surface area (Å²) < 4.78 is 7.26. The van der Waals surface area contributed by atoms with Gasteiger partial charge in [-0.3, -0.25) is 9.59 Å². The first-order valence-corrected chi connectivity index (χ1v) is 8.23. The van der Waals surface area contributed by atoms with Gasteiger partial charge in [-0.25, -0.2) is 0 Å². The number of halogens is 2. The largest absolute Gasteiger partial charge is 0.482 e. The minimum atomic E-state index is -0.512. The van der Waals surface area contributed by atoms with Crippen LogP contribution in [0.25, 0.3) is 0 Å². The van der Waals surface area contributed by atoms with Gasteiger partial charge < -0.3 is 15.8 Å². The average Bonchev–Trinajstić information content (AvgIpc) is 2.46. The lowest BCUT2D eigenvalue weighted by atomic mass is 10.2. The standard InChI is InChI=1S/C16H14Br2N2O3/c1-9-6-11(17)7-13(18)15(9)23-8-14(21)20-12-4-2-10(3-5-12)16(19)22/h2-7H,8H2,1H3,(H2,19,22)(H,20,21). The van der Waals surface area contributed by atoms with E-state index in [2.05, 4.69) is 37.2 Å². The molecule has 0 bridgehead atoms. The molecule has 0 aliphatic carbocycles. The molecular weight excluding hydrogens is 428 g/mol. The van der Waals surface area contributed by atoms with Crippen molar-refractivity contribution in [1.82, 2.24) is 0 Å². The second-order valence-electron chi connectivity index (χ2n) is 4.81. The highest BCUT2D eigenvalue weighted by Gasteiger charge is 2.10. The van der Waals surface area contributed by atoms with Gasteiger partial charge in [-0.05, 0) is 64.8 Å². The van der Waals surface area contributed by atoms with Crippen LogP contribution in [0.1, 0.15) is 15.9 Å². The first-order chi connectivity index (χ1) is 10.9. The van der Waals surface area contributed by atoms with Crippen LogP contribution < -0.4 is 15.8 Å². The SMILES string of the molecule is Cc1cc(Br)cc(Br)c1OCC(=O)Nc1ccc(C(N)=O)cc1. The second kappa shape index (κ2) is 7.61. The van der Waals surface area contributed by atoms with Crippen LogP contribution in [0.5, 0.6) is 5.75 Å². The highest BCUT2D eigenvalue weighted by molar-refractivity contribution is 9.11. The zero-order valence-electron chi connectivity index (χ0n) is 12.2. The van der Waals surface area contributed by atoms with E-state index in [0.29, 0.717) is 17.0 Å². The molecule has 0 heterocycles. The Morgan fingerprint density at radius 1 is 1.17 bits per heavy atom. The first-order valence-electron chi connectivity index (χ1n) is 6.65. The predicted octanol–water partition coefficient (Wildman–Crippen LogP) is 3.64. The smallest absolute Gasteiger partial charge is 0.262 e. The molecule has 0 unspecified atom stereocenters. The minimum absolute atomic E-state index is 0.126. The average molecular weight is 442 g/mol. The van der Waals surface area contributed by atoms with E-state index in [1.165, 1.54) is 0 Å². The van der Waals surface area contributed by atoms with Crippen LogP contribution in [0.15, 0.2) is 45.3 Å². The van der Waals surface area contributed by atoms with Gasteiger partial charge >= 0.3 is 0 Å². The van der Waals surface area contributed by atoms with E-state index >= 15 is 0 Å². The van der Waals surface area contributed by atoms with Crippen molar-refractivity contribution in [2.45, 2.75) is 6.92 Å². The molecule has 0 fully saturated rings. The number of primary amides is 1. The fourth-order valence-corrected chi connectivity index (χ4v) is 3.48. The summed E-state index contributed by atoms with van der Waals surface area (Å²) in [5, 5.41) is 2.69. The van der Waals surface area contributed by atoms with Crippen molar-refractivity contribution in [2.75, 3.05) is 11.9 Å². The van der Waals surface area contributed by atoms with Gasteiger partial charge in [-0.15, -0.1) is 0 Å². The lowest BCUT2D eigenvalue weighted by Crippen LogP contribution is -2.20. The number of nitrogens with two attached hydrogens (primary N) is 1. The van der Waals surface area contributed by atoms with E-state index < -0.39 is 5.91 Å².